The lowest BCUT2D eigenvalue weighted by Crippen LogP contribution is -2.27. The molecule has 0 bridgehead atoms. The second-order valence-corrected chi connectivity index (χ2v) is 6.89. The highest BCUT2D eigenvalue weighted by Crippen LogP contribution is 2.36. The zero-order valence-electron chi connectivity index (χ0n) is 11.1. The van der Waals surface area contributed by atoms with Gasteiger partial charge in [0, 0.05) is 9.50 Å². The molecular formula is C16H9BrClNO2S. The molecule has 2 amide bonds. The van der Waals surface area contributed by atoms with Crippen LogP contribution in [-0.4, -0.2) is 11.1 Å². The molecule has 0 N–H and O–H groups in total. The van der Waals surface area contributed by atoms with Crippen LogP contribution in [0.15, 0.2) is 57.9 Å². The fourth-order valence-corrected chi connectivity index (χ4v) is 3.22. The van der Waals surface area contributed by atoms with Gasteiger partial charge in [-0.05, 0) is 59.8 Å². The zero-order chi connectivity index (χ0) is 15.7. The summed E-state index contributed by atoms with van der Waals surface area (Å²) in [5.74, 6) is -0.319. The summed E-state index contributed by atoms with van der Waals surface area (Å²) in [7, 11) is 0. The summed E-state index contributed by atoms with van der Waals surface area (Å²) in [4.78, 5) is 26.1. The first kappa shape index (κ1) is 15.3. The van der Waals surface area contributed by atoms with Crippen LogP contribution in [0.2, 0.25) is 5.02 Å². The Morgan fingerprint density at radius 1 is 1.00 bits per heavy atom. The molecule has 22 heavy (non-hydrogen) atoms. The smallest absolute Gasteiger partial charge is 0.268 e. The number of hydrogen-bond donors (Lipinski definition) is 0. The van der Waals surface area contributed by atoms with Crippen molar-refractivity contribution in [2.45, 2.75) is 0 Å². The minimum atomic E-state index is -0.319. The molecule has 1 aliphatic rings. The molecule has 0 radical (unpaired) electrons. The molecule has 3 rings (SSSR count). The van der Waals surface area contributed by atoms with Gasteiger partial charge < -0.3 is 0 Å². The number of halogens is 2. The van der Waals surface area contributed by atoms with Gasteiger partial charge in [-0.15, -0.1) is 0 Å². The van der Waals surface area contributed by atoms with Crippen LogP contribution in [0.1, 0.15) is 5.56 Å². The average Bonchev–Trinajstić information content (AvgIpc) is 2.77. The van der Waals surface area contributed by atoms with Gasteiger partial charge in [-0.3, -0.25) is 9.59 Å². The Kier molecular flexibility index (Phi) is 4.38. The molecule has 1 aliphatic heterocycles. The maximum Gasteiger partial charge on any atom is 0.298 e. The van der Waals surface area contributed by atoms with Crippen LogP contribution in [-0.2, 0) is 4.79 Å². The first-order chi connectivity index (χ1) is 10.5. The number of amides is 2. The summed E-state index contributed by atoms with van der Waals surface area (Å²) < 4.78 is 0.957. The fourth-order valence-electron chi connectivity index (χ4n) is 1.99. The number of hydrogen-bond acceptors (Lipinski definition) is 3. The van der Waals surface area contributed by atoms with E-state index in [2.05, 4.69) is 15.9 Å². The van der Waals surface area contributed by atoms with Crippen molar-refractivity contribution in [2.24, 2.45) is 0 Å². The monoisotopic (exact) mass is 393 g/mol. The molecule has 0 spiro atoms. The minimum absolute atomic E-state index is 0.310. The SMILES string of the molecule is O=C1S/C(=C\c2ccc(Br)cc2)C(=O)N1c1ccc(Cl)cc1. The van der Waals surface area contributed by atoms with E-state index in [0.29, 0.717) is 15.6 Å². The van der Waals surface area contributed by atoms with Crippen molar-refractivity contribution in [3.8, 4) is 0 Å². The van der Waals surface area contributed by atoms with E-state index in [4.69, 9.17) is 11.6 Å². The van der Waals surface area contributed by atoms with Crippen LogP contribution in [0, 0.1) is 0 Å². The number of carbonyl (C=O) groups excluding carboxylic acids is 2. The highest BCUT2D eigenvalue weighted by Gasteiger charge is 2.36. The van der Waals surface area contributed by atoms with Gasteiger partial charge in [0.15, 0.2) is 0 Å². The maximum atomic E-state index is 12.4. The van der Waals surface area contributed by atoms with Crippen LogP contribution in [0.3, 0.4) is 0 Å². The molecule has 0 aromatic heterocycles. The van der Waals surface area contributed by atoms with Crippen LogP contribution in [0.4, 0.5) is 10.5 Å². The largest absolute Gasteiger partial charge is 0.298 e. The Bertz CT molecular complexity index is 772. The van der Waals surface area contributed by atoms with E-state index in [1.165, 1.54) is 0 Å². The Morgan fingerprint density at radius 2 is 1.64 bits per heavy atom. The van der Waals surface area contributed by atoms with Gasteiger partial charge in [0.2, 0.25) is 0 Å². The molecule has 2 aromatic carbocycles. The minimum Gasteiger partial charge on any atom is -0.268 e. The quantitative estimate of drug-likeness (QED) is 0.645. The van der Waals surface area contributed by atoms with Gasteiger partial charge in [0.25, 0.3) is 11.1 Å². The van der Waals surface area contributed by atoms with Crippen molar-refractivity contribution in [1.29, 1.82) is 0 Å². The molecule has 1 saturated heterocycles. The summed E-state index contributed by atoms with van der Waals surface area (Å²) in [5.41, 5.74) is 1.39. The van der Waals surface area contributed by atoms with E-state index in [0.717, 1.165) is 26.7 Å². The molecule has 3 nitrogen and oxygen atoms in total. The van der Waals surface area contributed by atoms with Crippen LogP contribution in [0.25, 0.3) is 6.08 Å². The van der Waals surface area contributed by atoms with Gasteiger partial charge in [-0.1, -0.05) is 39.7 Å². The Balaban J connectivity index is 1.91. The first-order valence-electron chi connectivity index (χ1n) is 6.34. The summed E-state index contributed by atoms with van der Waals surface area (Å²) in [5, 5.41) is 0.247. The zero-order valence-corrected chi connectivity index (χ0v) is 14.3. The highest BCUT2D eigenvalue weighted by atomic mass is 79.9. The predicted octanol–water partition coefficient (Wildman–Crippen LogP) is 5.34. The third-order valence-corrected chi connectivity index (χ3v) is 4.70. The van der Waals surface area contributed by atoms with Gasteiger partial charge in [-0.25, -0.2) is 4.90 Å². The lowest BCUT2D eigenvalue weighted by Gasteiger charge is -2.12. The summed E-state index contributed by atoms with van der Waals surface area (Å²) in [6.45, 7) is 0. The van der Waals surface area contributed by atoms with Gasteiger partial charge >= 0.3 is 0 Å². The molecule has 110 valence electrons. The second-order valence-electron chi connectivity index (χ2n) is 4.55. The Labute approximate surface area is 145 Å². The van der Waals surface area contributed by atoms with Crippen molar-refractivity contribution in [3.63, 3.8) is 0 Å². The first-order valence-corrected chi connectivity index (χ1v) is 8.32. The lowest BCUT2D eigenvalue weighted by atomic mass is 10.2. The van der Waals surface area contributed by atoms with Crippen LogP contribution < -0.4 is 4.90 Å². The highest BCUT2D eigenvalue weighted by molar-refractivity contribution is 9.10. The number of imide groups is 1. The fraction of sp³-hybridized carbons (Fsp3) is 0. The van der Waals surface area contributed by atoms with E-state index >= 15 is 0 Å². The number of nitrogens with zero attached hydrogens (tertiary/aromatic N) is 1. The maximum absolute atomic E-state index is 12.4. The van der Waals surface area contributed by atoms with Crippen molar-refractivity contribution in [2.75, 3.05) is 4.90 Å². The van der Waals surface area contributed by atoms with Gasteiger partial charge in [0.1, 0.15) is 0 Å². The second kappa shape index (κ2) is 6.28. The van der Waals surface area contributed by atoms with E-state index in [1.807, 2.05) is 24.3 Å². The lowest BCUT2D eigenvalue weighted by molar-refractivity contribution is -0.113. The summed E-state index contributed by atoms with van der Waals surface area (Å²) in [6.07, 6.45) is 1.72. The topological polar surface area (TPSA) is 37.4 Å². The van der Waals surface area contributed by atoms with Crippen molar-refractivity contribution >= 4 is 62.2 Å². The van der Waals surface area contributed by atoms with Crippen molar-refractivity contribution in [1.82, 2.24) is 0 Å². The molecule has 1 fully saturated rings. The van der Waals surface area contributed by atoms with Crippen molar-refractivity contribution < 1.29 is 9.59 Å². The number of carbonyl (C=O) groups is 2. The summed E-state index contributed by atoms with van der Waals surface area (Å²) in [6, 6.07) is 14.1. The number of thioether (sulfide) groups is 1. The Hall–Kier alpha value is -1.56. The van der Waals surface area contributed by atoms with Crippen LogP contribution in [0.5, 0.6) is 0 Å². The number of anilines is 1. The molecule has 0 saturated carbocycles. The van der Waals surface area contributed by atoms with E-state index in [-0.39, 0.29) is 11.1 Å². The van der Waals surface area contributed by atoms with Gasteiger partial charge in [0.05, 0.1) is 10.6 Å². The molecule has 1 heterocycles. The average molecular weight is 395 g/mol. The van der Waals surface area contributed by atoms with E-state index in [9.17, 15) is 9.59 Å². The molecule has 0 unspecified atom stereocenters. The molecule has 6 heteroatoms. The molecule has 0 atom stereocenters. The molecular weight excluding hydrogens is 386 g/mol. The molecule has 0 aliphatic carbocycles. The Morgan fingerprint density at radius 3 is 2.27 bits per heavy atom. The van der Waals surface area contributed by atoms with Gasteiger partial charge in [-0.2, -0.15) is 0 Å². The number of rotatable bonds is 2. The third-order valence-electron chi connectivity index (χ3n) is 3.05. The third kappa shape index (κ3) is 3.11. The van der Waals surface area contributed by atoms with E-state index < -0.39 is 0 Å². The van der Waals surface area contributed by atoms with E-state index in [1.54, 1.807) is 30.3 Å². The van der Waals surface area contributed by atoms with Crippen LogP contribution >= 0.6 is 39.3 Å². The number of benzene rings is 2. The normalized spacial score (nSPS) is 16.6. The van der Waals surface area contributed by atoms with Crippen molar-refractivity contribution in [3.05, 3.63) is 68.5 Å². The standard InChI is InChI=1S/C16H9BrClNO2S/c17-11-3-1-10(2-4-11)9-14-15(20)19(16(21)22-14)13-7-5-12(18)6-8-13/h1-9H/b14-9-. The molecule has 2 aromatic rings. The summed E-state index contributed by atoms with van der Waals surface area (Å²) >= 11 is 10.1. The predicted molar refractivity (Wildman–Crippen MR) is 94.0 cm³/mol.